The SMILES string of the molecule is C[C@@H]1N(c2cccc3c2oc2ccncc23)C=CN1C1CCCC1. The molecule has 0 N–H and O–H groups in total. The lowest BCUT2D eigenvalue weighted by Gasteiger charge is -2.33. The van der Waals surface area contributed by atoms with Crippen molar-refractivity contribution in [2.45, 2.75) is 44.8 Å². The van der Waals surface area contributed by atoms with E-state index < -0.39 is 0 Å². The zero-order valence-electron chi connectivity index (χ0n) is 13.9. The first-order valence-electron chi connectivity index (χ1n) is 8.82. The molecule has 1 aliphatic carbocycles. The molecule has 0 spiro atoms. The van der Waals surface area contributed by atoms with E-state index in [2.05, 4.69) is 52.3 Å². The third kappa shape index (κ3) is 1.95. The van der Waals surface area contributed by atoms with Crippen molar-refractivity contribution in [1.29, 1.82) is 0 Å². The number of nitrogens with zero attached hydrogens (tertiary/aromatic N) is 3. The van der Waals surface area contributed by atoms with Gasteiger partial charge < -0.3 is 14.2 Å². The first-order valence-corrected chi connectivity index (χ1v) is 8.82. The lowest BCUT2D eigenvalue weighted by Crippen LogP contribution is -2.40. The molecule has 0 radical (unpaired) electrons. The standard InChI is InChI=1S/C20H21N3O/c1-14-22(15-5-2-3-6-15)11-12-23(14)18-8-4-7-16-17-13-21-10-9-19(17)24-20(16)18/h4,7-15H,2-3,5-6H2,1H3/t14-/m0/s1. The van der Waals surface area contributed by atoms with Gasteiger partial charge in [0.15, 0.2) is 5.58 Å². The molecule has 1 fully saturated rings. The second kappa shape index (κ2) is 5.26. The van der Waals surface area contributed by atoms with Gasteiger partial charge in [0, 0.05) is 41.6 Å². The van der Waals surface area contributed by atoms with Crippen molar-refractivity contribution >= 4 is 27.6 Å². The topological polar surface area (TPSA) is 32.5 Å². The Bertz CT molecular complexity index is 923. The summed E-state index contributed by atoms with van der Waals surface area (Å²) in [7, 11) is 0. The predicted molar refractivity (Wildman–Crippen MR) is 96.7 cm³/mol. The van der Waals surface area contributed by atoms with E-state index in [4.69, 9.17) is 4.42 Å². The third-order valence-electron chi connectivity index (χ3n) is 5.54. The van der Waals surface area contributed by atoms with Gasteiger partial charge in [-0.05, 0) is 31.9 Å². The lowest BCUT2D eigenvalue weighted by molar-refractivity contribution is 0.237. The van der Waals surface area contributed by atoms with Crippen molar-refractivity contribution in [3.63, 3.8) is 0 Å². The molecule has 1 aliphatic heterocycles. The van der Waals surface area contributed by atoms with Gasteiger partial charge in [-0.15, -0.1) is 0 Å². The molecule has 3 aromatic rings. The van der Waals surface area contributed by atoms with Crippen LogP contribution < -0.4 is 4.90 Å². The molecule has 3 heterocycles. The molecule has 2 aromatic heterocycles. The van der Waals surface area contributed by atoms with Crippen molar-refractivity contribution in [3.8, 4) is 0 Å². The van der Waals surface area contributed by atoms with E-state index in [9.17, 15) is 0 Å². The van der Waals surface area contributed by atoms with Gasteiger partial charge in [-0.25, -0.2) is 0 Å². The van der Waals surface area contributed by atoms with Gasteiger partial charge in [-0.1, -0.05) is 25.0 Å². The number of rotatable bonds is 2. The number of para-hydroxylation sites is 1. The number of pyridine rings is 1. The third-order valence-corrected chi connectivity index (χ3v) is 5.54. The van der Waals surface area contributed by atoms with Gasteiger partial charge in [0.25, 0.3) is 0 Å². The van der Waals surface area contributed by atoms with Crippen LogP contribution in [-0.2, 0) is 0 Å². The van der Waals surface area contributed by atoms with E-state index in [0.717, 1.165) is 27.6 Å². The molecular formula is C20H21N3O. The Morgan fingerprint density at radius 1 is 1.08 bits per heavy atom. The average Bonchev–Trinajstić information content (AvgIpc) is 3.32. The van der Waals surface area contributed by atoms with E-state index in [1.54, 1.807) is 6.20 Å². The molecule has 1 atom stereocenters. The van der Waals surface area contributed by atoms with E-state index in [1.807, 2.05) is 12.3 Å². The molecule has 2 aliphatic rings. The minimum absolute atomic E-state index is 0.324. The largest absolute Gasteiger partial charge is 0.454 e. The van der Waals surface area contributed by atoms with Crippen LogP contribution in [0.4, 0.5) is 5.69 Å². The summed E-state index contributed by atoms with van der Waals surface area (Å²) in [5.41, 5.74) is 2.98. The monoisotopic (exact) mass is 319 g/mol. The summed E-state index contributed by atoms with van der Waals surface area (Å²) in [6, 6.07) is 8.99. The Balaban J connectivity index is 1.58. The van der Waals surface area contributed by atoms with Gasteiger partial charge >= 0.3 is 0 Å². The highest BCUT2D eigenvalue weighted by atomic mass is 16.3. The Morgan fingerprint density at radius 2 is 1.96 bits per heavy atom. The first-order chi connectivity index (χ1) is 11.8. The number of fused-ring (bicyclic) bond motifs is 3. The maximum absolute atomic E-state index is 6.17. The number of hydrogen-bond donors (Lipinski definition) is 0. The van der Waals surface area contributed by atoms with Crippen LogP contribution in [-0.4, -0.2) is 22.1 Å². The Hall–Kier alpha value is -2.49. The highest BCUT2D eigenvalue weighted by Gasteiger charge is 2.31. The minimum atomic E-state index is 0.324. The minimum Gasteiger partial charge on any atom is -0.454 e. The fourth-order valence-electron chi connectivity index (χ4n) is 4.28. The number of anilines is 1. The molecule has 0 amide bonds. The maximum Gasteiger partial charge on any atom is 0.159 e. The van der Waals surface area contributed by atoms with Gasteiger partial charge in [0.2, 0.25) is 0 Å². The molecule has 4 nitrogen and oxygen atoms in total. The molecule has 5 rings (SSSR count). The lowest BCUT2D eigenvalue weighted by atomic mass is 10.1. The molecule has 0 unspecified atom stereocenters. The predicted octanol–water partition coefficient (Wildman–Crippen LogP) is 4.86. The number of benzene rings is 1. The maximum atomic E-state index is 6.17. The number of hydrogen-bond acceptors (Lipinski definition) is 4. The van der Waals surface area contributed by atoms with Crippen LogP contribution in [0.3, 0.4) is 0 Å². The normalized spacial score (nSPS) is 21.6. The van der Waals surface area contributed by atoms with Crippen molar-refractivity contribution in [1.82, 2.24) is 9.88 Å². The second-order valence-electron chi connectivity index (χ2n) is 6.85. The quantitative estimate of drug-likeness (QED) is 0.675. The number of furan rings is 1. The van der Waals surface area contributed by atoms with E-state index in [1.165, 1.54) is 25.7 Å². The Kier molecular flexibility index (Phi) is 3.05. The van der Waals surface area contributed by atoms with Crippen molar-refractivity contribution < 1.29 is 4.42 Å². The second-order valence-corrected chi connectivity index (χ2v) is 6.85. The summed E-state index contributed by atoms with van der Waals surface area (Å²) in [6.45, 7) is 2.28. The van der Waals surface area contributed by atoms with Crippen LogP contribution >= 0.6 is 0 Å². The van der Waals surface area contributed by atoms with Crippen molar-refractivity contribution in [2.75, 3.05) is 4.90 Å². The van der Waals surface area contributed by atoms with Gasteiger partial charge in [0.1, 0.15) is 11.7 Å². The van der Waals surface area contributed by atoms with Crippen LogP contribution in [0.1, 0.15) is 32.6 Å². The van der Waals surface area contributed by atoms with Crippen LogP contribution in [0.15, 0.2) is 53.5 Å². The first kappa shape index (κ1) is 13.9. The van der Waals surface area contributed by atoms with Crippen LogP contribution in [0.2, 0.25) is 0 Å². The molecule has 122 valence electrons. The Labute approximate surface area is 141 Å². The van der Waals surface area contributed by atoms with Crippen molar-refractivity contribution in [2.24, 2.45) is 0 Å². The molecule has 24 heavy (non-hydrogen) atoms. The van der Waals surface area contributed by atoms with Gasteiger partial charge in [0.05, 0.1) is 5.69 Å². The van der Waals surface area contributed by atoms with Gasteiger partial charge in [-0.2, -0.15) is 0 Å². The van der Waals surface area contributed by atoms with E-state index in [0.29, 0.717) is 12.2 Å². The number of aromatic nitrogens is 1. The zero-order chi connectivity index (χ0) is 16.1. The van der Waals surface area contributed by atoms with Crippen LogP contribution in [0.5, 0.6) is 0 Å². The van der Waals surface area contributed by atoms with Gasteiger partial charge in [-0.3, -0.25) is 4.98 Å². The summed E-state index contributed by atoms with van der Waals surface area (Å²) in [5, 5.41) is 2.22. The average molecular weight is 319 g/mol. The zero-order valence-corrected chi connectivity index (χ0v) is 13.9. The fraction of sp³-hybridized carbons (Fsp3) is 0.350. The molecule has 0 bridgehead atoms. The molecular weight excluding hydrogens is 298 g/mol. The van der Waals surface area contributed by atoms with E-state index in [-0.39, 0.29) is 0 Å². The van der Waals surface area contributed by atoms with Crippen LogP contribution in [0.25, 0.3) is 21.9 Å². The summed E-state index contributed by atoms with van der Waals surface area (Å²) < 4.78 is 6.17. The smallest absolute Gasteiger partial charge is 0.159 e. The highest BCUT2D eigenvalue weighted by Crippen LogP contribution is 2.38. The highest BCUT2D eigenvalue weighted by molar-refractivity contribution is 6.08. The fourth-order valence-corrected chi connectivity index (χ4v) is 4.28. The summed E-state index contributed by atoms with van der Waals surface area (Å²) in [6.07, 6.45) is 13.8. The molecule has 4 heteroatoms. The summed E-state index contributed by atoms with van der Waals surface area (Å²) in [4.78, 5) is 9.09. The molecule has 0 saturated heterocycles. The van der Waals surface area contributed by atoms with Crippen molar-refractivity contribution in [3.05, 3.63) is 49.1 Å². The van der Waals surface area contributed by atoms with E-state index >= 15 is 0 Å². The summed E-state index contributed by atoms with van der Waals surface area (Å²) >= 11 is 0. The van der Waals surface area contributed by atoms with Crippen LogP contribution in [0, 0.1) is 0 Å². The molecule has 1 aromatic carbocycles. The summed E-state index contributed by atoms with van der Waals surface area (Å²) in [5.74, 6) is 0. The Morgan fingerprint density at radius 3 is 2.83 bits per heavy atom. The molecule has 1 saturated carbocycles.